The predicted octanol–water partition coefficient (Wildman–Crippen LogP) is 3.95. The molecular formula is C14H29NOS. The molecule has 0 aliphatic carbocycles. The van der Waals surface area contributed by atoms with E-state index in [-0.39, 0.29) is 4.75 Å². The Balaban J connectivity index is 4.32. The molecule has 2 nitrogen and oxygen atoms in total. The van der Waals surface area contributed by atoms with E-state index in [4.69, 9.17) is 0 Å². The van der Waals surface area contributed by atoms with Gasteiger partial charge in [0.2, 0.25) is 5.91 Å². The maximum absolute atomic E-state index is 12.2. The molecule has 0 N–H and O–H groups in total. The quantitative estimate of drug-likeness (QED) is 0.690. The second-order valence-electron chi connectivity index (χ2n) is 5.60. The van der Waals surface area contributed by atoms with Crippen LogP contribution in [0.5, 0.6) is 0 Å². The van der Waals surface area contributed by atoms with Crippen LogP contribution < -0.4 is 0 Å². The fraction of sp³-hybridized carbons (Fsp3) is 0.929. The van der Waals surface area contributed by atoms with Gasteiger partial charge in [0.05, 0.1) is 5.75 Å². The molecule has 0 aromatic heterocycles. The number of amides is 1. The van der Waals surface area contributed by atoms with Crippen LogP contribution in [0.15, 0.2) is 0 Å². The summed E-state index contributed by atoms with van der Waals surface area (Å²) in [6.07, 6.45) is 3.29. The van der Waals surface area contributed by atoms with Crippen LogP contribution in [0.4, 0.5) is 0 Å². The number of nitrogens with zero attached hydrogens (tertiary/aromatic N) is 1. The minimum Gasteiger partial charge on any atom is -0.339 e. The summed E-state index contributed by atoms with van der Waals surface area (Å²) in [6.45, 7) is 13.8. The van der Waals surface area contributed by atoms with Crippen molar-refractivity contribution in [2.24, 2.45) is 0 Å². The standard InChI is InChI=1S/C14H29NOS/c1-7-9-10-15(12(3)8-2)13(16)11-17-14(4,5)6/h12H,7-11H2,1-6H3. The molecule has 0 saturated carbocycles. The molecule has 0 rings (SSSR count). The molecule has 1 atom stereocenters. The zero-order valence-electron chi connectivity index (χ0n) is 12.4. The number of hydrogen-bond acceptors (Lipinski definition) is 2. The third-order valence-electron chi connectivity index (χ3n) is 2.82. The third-order valence-corrected chi connectivity index (χ3v) is 4.08. The third kappa shape index (κ3) is 7.69. The smallest absolute Gasteiger partial charge is 0.232 e. The van der Waals surface area contributed by atoms with Crippen molar-refractivity contribution in [3.63, 3.8) is 0 Å². The lowest BCUT2D eigenvalue weighted by atomic mass is 10.2. The molecule has 3 heteroatoms. The number of thioether (sulfide) groups is 1. The normalized spacial score (nSPS) is 13.5. The fourth-order valence-electron chi connectivity index (χ4n) is 1.50. The molecule has 0 saturated heterocycles. The summed E-state index contributed by atoms with van der Waals surface area (Å²) in [6, 6.07) is 0.370. The number of hydrogen-bond donors (Lipinski definition) is 0. The van der Waals surface area contributed by atoms with Crippen LogP contribution in [0.3, 0.4) is 0 Å². The Morgan fingerprint density at radius 2 is 1.88 bits per heavy atom. The van der Waals surface area contributed by atoms with Crippen LogP contribution >= 0.6 is 11.8 Å². The summed E-state index contributed by atoms with van der Waals surface area (Å²) in [5.74, 6) is 0.908. The lowest BCUT2D eigenvalue weighted by Gasteiger charge is -2.29. The van der Waals surface area contributed by atoms with Crippen molar-refractivity contribution in [2.45, 2.75) is 71.6 Å². The molecule has 0 bridgehead atoms. The van der Waals surface area contributed by atoms with E-state index < -0.39 is 0 Å². The number of rotatable bonds is 7. The minimum absolute atomic E-state index is 0.168. The van der Waals surface area contributed by atoms with Gasteiger partial charge in [-0.15, -0.1) is 11.8 Å². The molecular weight excluding hydrogens is 230 g/mol. The van der Waals surface area contributed by atoms with Gasteiger partial charge in [0.15, 0.2) is 0 Å². The van der Waals surface area contributed by atoms with E-state index in [9.17, 15) is 4.79 Å². The van der Waals surface area contributed by atoms with E-state index in [0.717, 1.165) is 25.8 Å². The summed E-state index contributed by atoms with van der Waals surface area (Å²) in [7, 11) is 0. The highest BCUT2D eigenvalue weighted by atomic mass is 32.2. The average Bonchev–Trinajstić information content (AvgIpc) is 2.25. The fourth-order valence-corrected chi connectivity index (χ4v) is 2.22. The van der Waals surface area contributed by atoms with Gasteiger partial charge >= 0.3 is 0 Å². The van der Waals surface area contributed by atoms with Gasteiger partial charge < -0.3 is 4.90 Å². The molecule has 1 unspecified atom stereocenters. The lowest BCUT2D eigenvalue weighted by molar-refractivity contribution is -0.130. The predicted molar refractivity (Wildman–Crippen MR) is 78.6 cm³/mol. The van der Waals surface area contributed by atoms with Gasteiger partial charge in [0.25, 0.3) is 0 Å². The van der Waals surface area contributed by atoms with Gasteiger partial charge in [-0.2, -0.15) is 0 Å². The first kappa shape index (κ1) is 16.8. The van der Waals surface area contributed by atoms with E-state index in [0.29, 0.717) is 17.7 Å². The largest absolute Gasteiger partial charge is 0.339 e. The molecule has 0 heterocycles. The second-order valence-corrected chi connectivity index (χ2v) is 7.40. The molecule has 0 radical (unpaired) electrons. The number of carbonyl (C=O) groups excluding carboxylic acids is 1. The zero-order valence-corrected chi connectivity index (χ0v) is 13.2. The van der Waals surface area contributed by atoms with Gasteiger partial charge in [-0.3, -0.25) is 4.79 Å². The maximum Gasteiger partial charge on any atom is 0.232 e. The van der Waals surface area contributed by atoms with Crippen LogP contribution in [0.1, 0.15) is 60.8 Å². The van der Waals surface area contributed by atoms with Crippen LogP contribution in [-0.2, 0) is 4.79 Å². The average molecular weight is 259 g/mol. The van der Waals surface area contributed by atoms with E-state index >= 15 is 0 Å². The van der Waals surface area contributed by atoms with Crippen molar-refractivity contribution < 1.29 is 4.79 Å². The Bertz CT molecular complexity index is 223. The Morgan fingerprint density at radius 3 is 2.29 bits per heavy atom. The van der Waals surface area contributed by atoms with E-state index in [1.54, 1.807) is 11.8 Å². The van der Waals surface area contributed by atoms with E-state index in [1.165, 1.54) is 0 Å². The maximum atomic E-state index is 12.2. The molecule has 0 fully saturated rings. The highest BCUT2D eigenvalue weighted by Gasteiger charge is 2.20. The van der Waals surface area contributed by atoms with Gasteiger partial charge in [-0.05, 0) is 19.8 Å². The monoisotopic (exact) mass is 259 g/mol. The van der Waals surface area contributed by atoms with Crippen molar-refractivity contribution in [1.82, 2.24) is 4.90 Å². The first-order valence-corrected chi connectivity index (χ1v) is 7.73. The Labute approximate surface area is 112 Å². The zero-order chi connectivity index (χ0) is 13.5. The van der Waals surface area contributed by atoms with Gasteiger partial charge in [0.1, 0.15) is 0 Å². The van der Waals surface area contributed by atoms with Crippen molar-refractivity contribution in [1.29, 1.82) is 0 Å². The van der Waals surface area contributed by atoms with E-state index in [1.807, 2.05) is 0 Å². The molecule has 1 amide bonds. The van der Waals surface area contributed by atoms with Crippen LogP contribution in [0, 0.1) is 0 Å². The number of unbranched alkanes of at least 4 members (excludes halogenated alkanes) is 1. The van der Waals surface area contributed by atoms with E-state index in [2.05, 4.69) is 46.4 Å². The highest BCUT2D eigenvalue weighted by Crippen LogP contribution is 2.23. The molecule has 0 aliphatic heterocycles. The minimum atomic E-state index is 0.168. The Morgan fingerprint density at radius 1 is 1.29 bits per heavy atom. The van der Waals surface area contributed by atoms with Crippen molar-refractivity contribution >= 4 is 17.7 Å². The Kier molecular flexibility index (Phi) is 7.93. The van der Waals surface area contributed by atoms with Gasteiger partial charge in [-0.1, -0.05) is 41.0 Å². The summed E-state index contributed by atoms with van der Waals surface area (Å²) in [4.78, 5) is 14.3. The molecule has 0 aromatic rings. The lowest BCUT2D eigenvalue weighted by Crippen LogP contribution is -2.40. The molecule has 0 aromatic carbocycles. The molecule has 0 aliphatic rings. The molecule has 17 heavy (non-hydrogen) atoms. The summed E-state index contributed by atoms with van der Waals surface area (Å²) >= 11 is 1.74. The SMILES string of the molecule is CCCCN(C(=O)CSC(C)(C)C)C(C)CC. The first-order valence-electron chi connectivity index (χ1n) is 6.75. The van der Waals surface area contributed by atoms with Crippen molar-refractivity contribution in [2.75, 3.05) is 12.3 Å². The van der Waals surface area contributed by atoms with Crippen LogP contribution in [0.2, 0.25) is 0 Å². The van der Waals surface area contributed by atoms with Crippen molar-refractivity contribution in [3.8, 4) is 0 Å². The number of carbonyl (C=O) groups is 1. The van der Waals surface area contributed by atoms with Gasteiger partial charge in [0, 0.05) is 17.3 Å². The topological polar surface area (TPSA) is 20.3 Å². The molecule has 0 spiro atoms. The highest BCUT2D eigenvalue weighted by molar-refractivity contribution is 8.01. The van der Waals surface area contributed by atoms with Crippen LogP contribution in [0.25, 0.3) is 0 Å². The summed E-state index contributed by atoms with van der Waals surface area (Å²) in [5, 5.41) is 0. The molecule has 102 valence electrons. The van der Waals surface area contributed by atoms with Crippen molar-refractivity contribution in [3.05, 3.63) is 0 Å². The van der Waals surface area contributed by atoms with Crippen LogP contribution in [-0.4, -0.2) is 33.9 Å². The summed E-state index contributed by atoms with van der Waals surface area (Å²) < 4.78 is 0.168. The first-order chi connectivity index (χ1) is 7.81. The summed E-state index contributed by atoms with van der Waals surface area (Å²) in [5.41, 5.74) is 0. The Hall–Kier alpha value is -0.180. The second kappa shape index (κ2) is 8.02. The van der Waals surface area contributed by atoms with Gasteiger partial charge in [-0.25, -0.2) is 0 Å².